The summed E-state index contributed by atoms with van der Waals surface area (Å²) < 4.78 is 5.42. The number of benzene rings is 1. The second-order valence-electron chi connectivity index (χ2n) is 6.69. The number of likely N-dealkylation sites (N-methyl/N-ethyl adjacent to an activating group) is 1. The number of H-pyrrole nitrogens is 1. The second-order valence-corrected chi connectivity index (χ2v) is 6.69. The Labute approximate surface area is 158 Å². The lowest BCUT2D eigenvalue weighted by atomic mass is 10.2. The van der Waals surface area contributed by atoms with Crippen molar-refractivity contribution >= 4 is 11.9 Å². The maximum absolute atomic E-state index is 12.7. The van der Waals surface area contributed by atoms with Crippen LogP contribution >= 0.6 is 0 Å². The van der Waals surface area contributed by atoms with Gasteiger partial charge in [0.15, 0.2) is 0 Å². The normalized spacial score (nSPS) is 16.7. The van der Waals surface area contributed by atoms with Crippen molar-refractivity contribution in [3.05, 3.63) is 51.9 Å². The van der Waals surface area contributed by atoms with Crippen molar-refractivity contribution in [3.8, 4) is 5.75 Å². The number of nitrogen functional groups attached to an aromatic ring is 1. The fourth-order valence-electron chi connectivity index (χ4n) is 3.32. The Morgan fingerprint density at radius 2 is 2.15 bits per heavy atom. The highest BCUT2D eigenvalue weighted by Crippen LogP contribution is 2.20. The summed E-state index contributed by atoms with van der Waals surface area (Å²) in [6.45, 7) is 4.37. The Morgan fingerprint density at radius 1 is 1.41 bits per heavy atom. The van der Waals surface area contributed by atoms with Gasteiger partial charge in [-0.1, -0.05) is 0 Å². The van der Waals surface area contributed by atoms with Gasteiger partial charge in [0, 0.05) is 37.3 Å². The maximum atomic E-state index is 12.7. The van der Waals surface area contributed by atoms with Gasteiger partial charge in [-0.3, -0.25) is 19.5 Å². The highest BCUT2D eigenvalue weighted by atomic mass is 16.5. The van der Waals surface area contributed by atoms with E-state index in [4.69, 9.17) is 10.5 Å². The summed E-state index contributed by atoms with van der Waals surface area (Å²) in [6, 6.07) is 8.89. The standard InChI is InChI=1S/C19H25N5O3/c1-3-27-16-6-4-13(5-7-16)18(26)24-9-8-15(12-24)23(2)11-14-10-17(25)22-19(20)21-14/h4-7,10,15H,3,8-9,11-12H2,1-2H3,(H3,20,21,22,25)/t15-/m1/s1. The van der Waals surface area contributed by atoms with E-state index in [0.717, 1.165) is 12.2 Å². The summed E-state index contributed by atoms with van der Waals surface area (Å²) in [6.07, 6.45) is 0.873. The van der Waals surface area contributed by atoms with Crippen molar-refractivity contribution in [2.24, 2.45) is 0 Å². The third kappa shape index (κ3) is 4.65. The van der Waals surface area contributed by atoms with Gasteiger partial charge in [0.1, 0.15) is 5.75 Å². The van der Waals surface area contributed by atoms with Crippen LogP contribution in [0.25, 0.3) is 0 Å². The van der Waals surface area contributed by atoms with Crippen LogP contribution in [0.3, 0.4) is 0 Å². The maximum Gasteiger partial charge on any atom is 0.253 e. The average molecular weight is 371 g/mol. The number of nitrogens with two attached hydrogens (primary N) is 1. The van der Waals surface area contributed by atoms with Crippen LogP contribution in [0, 0.1) is 0 Å². The highest BCUT2D eigenvalue weighted by Gasteiger charge is 2.29. The molecule has 0 saturated carbocycles. The molecular weight excluding hydrogens is 346 g/mol. The van der Waals surface area contributed by atoms with E-state index in [0.29, 0.717) is 37.5 Å². The third-order valence-corrected chi connectivity index (χ3v) is 4.71. The first-order valence-electron chi connectivity index (χ1n) is 9.04. The number of carbonyl (C=O) groups excluding carboxylic acids is 1. The molecule has 3 rings (SSSR count). The molecule has 0 unspecified atom stereocenters. The van der Waals surface area contributed by atoms with Gasteiger partial charge >= 0.3 is 0 Å². The summed E-state index contributed by atoms with van der Waals surface area (Å²) in [4.78, 5) is 34.8. The first-order valence-corrected chi connectivity index (χ1v) is 9.04. The van der Waals surface area contributed by atoms with Gasteiger partial charge in [-0.15, -0.1) is 0 Å². The number of carbonyl (C=O) groups is 1. The van der Waals surface area contributed by atoms with Crippen molar-refractivity contribution in [2.45, 2.75) is 25.9 Å². The molecule has 1 amide bonds. The molecule has 8 nitrogen and oxygen atoms in total. The Hall–Kier alpha value is -2.87. The van der Waals surface area contributed by atoms with Crippen LogP contribution in [0.1, 0.15) is 29.4 Å². The zero-order chi connectivity index (χ0) is 19.4. The summed E-state index contributed by atoms with van der Waals surface area (Å²) in [5.41, 5.74) is 6.62. The van der Waals surface area contributed by atoms with E-state index in [1.165, 1.54) is 6.07 Å². The molecule has 1 aromatic heterocycles. The van der Waals surface area contributed by atoms with Crippen LogP contribution in [0.5, 0.6) is 5.75 Å². The van der Waals surface area contributed by atoms with Crippen LogP contribution in [0.15, 0.2) is 35.1 Å². The Kier molecular flexibility index (Phi) is 5.75. The molecule has 1 fully saturated rings. The van der Waals surface area contributed by atoms with Crippen molar-refractivity contribution in [3.63, 3.8) is 0 Å². The third-order valence-electron chi connectivity index (χ3n) is 4.71. The molecule has 8 heteroatoms. The predicted octanol–water partition coefficient (Wildman–Crippen LogP) is 1.10. The molecule has 0 spiro atoms. The number of ether oxygens (including phenoxy) is 1. The van der Waals surface area contributed by atoms with E-state index in [1.807, 2.05) is 31.0 Å². The van der Waals surface area contributed by atoms with Gasteiger partial charge in [-0.05, 0) is 44.7 Å². The lowest BCUT2D eigenvalue weighted by Crippen LogP contribution is -2.36. The molecule has 2 heterocycles. The minimum atomic E-state index is -0.260. The van der Waals surface area contributed by atoms with Crippen molar-refractivity contribution < 1.29 is 9.53 Å². The monoisotopic (exact) mass is 371 g/mol. The lowest BCUT2D eigenvalue weighted by Gasteiger charge is -2.24. The number of aromatic nitrogens is 2. The number of hydrogen-bond donors (Lipinski definition) is 2. The summed E-state index contributed by atoms with van der Waals surface area (Å²) in [5.74, 6) is 0.898. The topological polar surface area (TPSA) is 105 Å². The fraction of sp³-hybridized carbons (Fsp3) is 0.421. The Morgan fingerprint density at radius 3 is 2.81 bits per heavy atom. The van der Waals surface area contributed by atoms with E-state index in [-0.39, 0.29) is 23.5 Å². The molecule has 0 radical (unpaired) electrons. The number of hydrogen-bond acceptors (Lipinski definition) is 6. The molecule has 1 aliphatic heterocycles. The lowest BCUT2D eigenvalue weighted by molar-refractivity contribution is 0.0779. The van der Waals surface area contributed by atoms with Crippen LogP contribution in [0.2, 0.25) is 0 Å². The second kappa shape index (κ2) is 8.22. The van der Waals surface area contributed by atoms with Gasteiger partial charge < -0.3 is 15.4 Å². The number of amides is 1. The van der Waals surface area contributed by atoms with Crippen LogP contribution < -0.4 is 16.0 Å². The number of aromatic amines is 1. The molecule has 1 saturated heterocycles. The van der Waals surface area contributed by atoms with Gasteiger partial charge in [-0.2, -0.15) is 0 Å². The summed E-state index contributed by atoms with van der Waals surface area (Å²) >= 11 is 0. The largest absolute Gasteiger partial charge is 0.494 e. The van der Waals surface area contributed by atoms with E-state index in [1.54, 1.807) is 12.1 Å². The zero-order valence-electron chi connectivity index (χ0n) is 15.6. The molecule has 1 aliphatic rings. The number of nitrogens with one attached hydrogen (secondary N) is 1. The number of likely N-dealkylation sites (tertiary alicyclic amines) is 1. The first kappa shape index (κ1) is 18.9. The molecule has 0 aliphatic carbocycles. The van der Waals surface area contributed by atoms with E-state index in [2.05, 4.69) is 14.9 Å². The molecular formula is C19H25N5O3. The minimum absolute atomic E-state index is 0.0208. The van der Waals surface area contributed by atoms with Crippen molar-refractivity contribution in [1.82, 2.24) is 19.8 Å². The fourth-order valence-corrected chi connectivity index (χ4v) is 3.32. The van der Waals surface area contributed by atoms with Crippen LogP contribution in [-0.4, -0.2) is 58.5 Å². The Bertz CT molecular complexity index is 849. The van der Waals surface area contributed by atoms with E-state index >= 15 is 0 Å². The summed E-state index contributed by atoms with van der Waals surface area (Å²) in [5, 5.41) is 0. The van der Waals surface area contributed by atoms with E-state index in [9.17, 15) is 9.59 Å². The average Bonchev–Trinajstić information content (AvgIpc) is 3.11. The molecule has 1 aromatic carbocycles. The summed E-state index contributed by atoms with van der Waals surface area (Å²) in [7, 11) is 1.97. The van der Waals surface area contributed by atoms with Crippen LogP contribution in [0.4, 0.5) is 5.95 Å². The number of rotatable bonds is 6. The number of anilines is 1. The van der Waals surface area contributed by atoms with Crippen LogP contribution in [-0.2, 0) is 6.54 Å². The van der Waals surface area contributed by atoms with Crippen molar-refractivity contribution in [2.75, 3.05) is 32.5 Å². The molecule has 1 atom stereocenters. The van der Waals surface area contributed by atoms with Gasteiger partial charge in [0.05, 0.1) is 12.3 Å². The minimum Gasteiger partial charge on any atom is -0.494 e. The highest BCUT2D eigenvalue weighted by molar-refractivity contribution is 5.94. The SMILES string of the molecule is CCOc1ccc(C(=O)N2CC[C@@H](N(C)Cc3cc(=O)[nH]c(N)n3)C2)cc1. The molecule has 27 heavy (non-hydrogen) atoms. The Balaban J connectivity index is 1.60. The molecule has 2 aromatic rings. The van der Waals surface area contributed by atoms with E-state index < -0.39 is 0 Å². The smallest absolute Gasteiger partial charge is 0.253 e. The first-order chi connectivity index (χ1) is 13.0. The van der Waals surface area contributed by atoms with Crippen molar-refractivity contribution in [1.29, 1.82) is 0 Å². The predicted molar refractivity (Wildman–Crippen MR) is 103 cm³/mol. The molecule has 0 bridgehead atoms. The number of nitrogens with zero attached hydrogens (tertiary/aromatic N) is 3. The quantitative estimate of drug-likeness (QED) is 0.788. The molecule has 3 N–H and O–H groups in total. The zero-order valence-corrected chi connectivity index (χ0v) is 15.6. The van der Waals surface area contributed by atoms with Gasteiger partial charge in [0.25, 0.3) is 11.5 Å². The van der Waals surface area contributed by atoms with Gasteiger partial charge in [0.2, 0.25) is 5.95 Å². The molecule has 144 valence electrons. The van der Waals surface area contributed by atoms with Gasteiger partial charge in [-0.25, -0.2) is 4.98 Å².